The Kier molecular flexibility index (Phi) is 5.91. The van der Waals surface area contributed by atoms with Gasteiger partial charge >= 0.3 is 5.69 Å². The van der Waals surface area contributed by atoms with Gasteiger partial charge in [0.1, 0.15) is 22.7 Å². The highest BCUT2D eigenvalue weighted by molar-refractivity contribution is 7.17. The standard InChI is InChI=1S/C24H21N3O7S/c1-31-15-4-6-18(32-2)16(10-15)25-21(28)12-26-17-7-8-35-22(17)23(29)27(24(26)30)11-14-3-5-19-20(9-14)34-13-33-19/h3-10H,11-13H2,1-2H3,(H,25,28). The molecule has 11 heteroatoms. The molecule has 2 aromatic carbocycles. The first-order chi connectivity index (χ1) is 17.0. The van der Waals surface area contributed by atoms with Crippen molar-refractivity contribution in [2.75, 3.05) is 26.3 Å². The molecule has 0 unspecified atom stereocenters. The number of fused-ring (bicyclic) bond motifs is 2. The van der Waals surface area contributed by atoms with Crippen LogP contribution >= 0.6 is 11.3 Å². The number of hydrogen-bond acceptors (Lipinski definition) is 8. The summed E-state index contributed by atoms with van der Waals surface area (Å²) in [6.07, 6.45) is 0. The number of aromatic nitrogens is 2. The molecule has 0 aliphatic carbocycles. The maximum absolute atomic E-state index is 13.4. The van der Waals surface area contributed by atoms with E-state index in [4.69, 9.17) is 18.9 Å². The second-order valence-electron chi connectivity index (χ2n) is 7.70. The second kappa shape index (κ2) is 9.18. The van der Waals surface area contributed by atoms with Crippen molar-refractivity contribution in [3.05, 3.63) is 74.2 Å². The van der Waals surface area contributed by atoms with Gasteiger partial charge in [0, 0.05) is 6.07 Å². The average Bonchev–Trinajstić information content (AvgIpc) is 3.54. The zero-order valence-electron chi connectivity index (χ0n) is 18.9. The molecule has 10 nitrogen and oxygen atoms in total. The highest BCUT2D eigenvalue weighted by Gasteiger charge is 2.19. The first kappa shape index (κ1) is 22.5. The maximum atomic E-state index is 13.4. The van der Waals surface area contributed by atoms with Crippen LogP contribution < -0.4 is 35.5 Å². The van der Waals surface area contributed by atoms with Gasteiger partial charge in [0.05, 0.1) is 32.0 Å². The van der Waals surface area contributed by atoms with Crippen LogP contribution in [0.2, 0.25) is 0 Å². The normalized spacial score (nSPS) is 12.1. The van der Waals surface area contributed by atoms with Gasteiger partial charge in [-0.2, -0.15) is 0 Å². The van der Waals surface area contributed by atoms with Crippen molar-refractivity contribution in [1.82, 2.24) is 9.13 Å². The fourth-order valence-electron chi connectivity index (χ4n) is 3.89. The van der Waals surface area contributed by atoms with Crippen LogP contribution in [0.15, 0.2) is 57.4 Å². The summed E-state index contributed by atoms with van der Waals surface area (Å²) in [5.41, 5.74) is 0.497. The van der Waals surface area contributed by atoms with Gasteiger partial charge in [0.2, 0.25) is 12.7 Å². The van der Waals surface area contributed by atoms with E-state index in [-0.39, 0.29) is 19.9 Å². The van der Waals surface area contributed by atoms with Gasteiger partial charge in [0.15, 0.2) is 11.5 Å². The molecular formula is C24H21N3O7S. The quantitative estimate of drug-likeness (QED) is 0.420. The Balaban J connectivity index is 1.49. The molecule has 180 valence electrons. The minimum absolute atomic E-state index is 0.0213. The zero-order valence-corrected chi connectivity index (χ0v) is 19.7. The molecule has 1 aliphatic heterocycles. The number of methoxy groups -OCH3 is 2. The number of nitrogens with zero attached hydrogens (tertiary/aromatic N) is 2. The van der Waals surface area contributed by atoms with Crippen LogP contribution in [0.25, 0.3) is 10.2 Å². The molecular weight excluding hydrogens is 474 g/mol. The molecule has 2 aromatic heterocycles. The second-order valence-corrected chi connectivity index (χ2v) is 8.61. The molecule has 5 rings (SSSR count). The number of carbonyl (C=O) groups excluding carboxylic acids is 1. The highest BCUT2D eigenvalue weighted by Crippen LogP contribution is 2.32. The highest BCUT2D eigenvalue weighted by atomic mass is 32.1. The molecule has 0 fully saturated rings. The Hall–Kier alpha value is -4.25. The third kappa shape index (κ3) is 4.21. The summed E-state index contributed by atoms with van der Waals surface area (Å²) < 4.78 is 24.1. The molecule has 35 heavy (non-hydrogen) atoms. The topological polar surface area (TPSA) is 110 Å². The lowest BCUT2D eigenvalue weighted by Crippen LogP contribution is -2.41. The van der Waals surface area contributed by atoms with E-state index in [1.165, 1.54) is 30.1 Å². The van der Waals surface area contributed by atoms with Gasteiger partial charge < -0.3 is 24.3 Å². The van der Waals surface area contributed by atoms with E-state index >= 15 is 0 Å². The van der Waals surface area contributed by atoms with Crippen LogP contribution in [0.1, 0.15) is 5.56 Å². The van der Waals surface area contributed by atoms with E-state index in [2.05, 4.69) is 5.32 Å². The van der Waals surface area contributed by atoms with Gasteiger partial charge in [-0.05, 0) is 41.3 Å². The van der Waals surface area contributed by atoms with Crippen LogP contribution in [0.3, 0.4) is 0 Å². The van der Waals surface area contributed by atoms with Gasteiger partial charge in [-0.15, -0.1) is 11.3 Å². The number of carbonyl (C=O) groups is 1. The van der Waals surface area contributed by atoms with Crippen molar-refractivity contribution < 1.29 is 23.7 Å². The van der Waals surface area contributed by atoms with E-state index in [1.54, 1.807) is 47.8 Å². The number of benzene rings is 2. The molecule has 0 spiro atoms. The molecule has 1 amide bonds. The number of rotatable bonds is 7. The third-order valence-electron chi connectivity index (χ3n) is 5.60. The number of thiophene rings is 1. The summed E-state index contributed by atoms with van der Waals surface area (Å²) in [4.78, 5) is 39.5. The zero-order chi connectivity index (χ0) is 24.5. The van der Waals surface area contributed by atoms with Crippen LogP contribution in [0, 0.1) is 0 Å². The largest absolute Gasteiger partial charge is 0.497 e. The predicted octanol–water partition coefficient (Wildman–Crippen LogP) is 2.66. The summed E-state index contributed by atoms with van der Waals surface area (Å²) in [6.45, 7) is -0.152. The molecule has 0 saturated carbocycles. The number of amides is 1. The van der Waals surface area contributed by atoms with Crippen LogP contribution in [-0.4, -0.2) is 36.1 Å². The minimum Gasteiger partial charge on any atom is -0.497 e. The predicted molar refractivity (Wildman–Crippen MR) is 130 cm³/mol. The Labute approximate surface area is 202 Å². The molecule has 4 aromatic rings. The number of nitrogens with one attached hydrogen (secondary N) is 1. The van der Waals surface area contributed by atoms with Gasteiger partial charge in [-0.25, -0.2) is 4.79 Å². The summed E-state index contributed by atoms with van der Waals surface area (Å²) >= 11 is 1.22. The van der Waals surface area contributed by atoms with Crippen molar-refractivity contribution in [2.24, 2.45) is 0 Å². The number of anilines is 1. The molecule has 0 atom stereocenters. The lowest BCUT2D eigenvalue weighted by molar-refractivity contribution is -0.116. The first-order valence-corrected chi connectivity index (χ1v) is 11.5. The lowest BCUT2D eigenvalue weighted by Gasteiger charge is -2.14. The SMILES string of the molecule is COc1ccc(OC)c(NC(=O)Cn2c(=O)n(Cc3ccc4c(c3)OCO4)c(=O)c3sccc32)c1. The molecule has 1 aliphatic rings. The Morgan fingerprint density at radius 3 is 2.66 bits per heavy atom. The smallest absolute Gasteiger partial charge is 0.332 e. The Morgan fingerprint density at radius 1 is 1.03 bits per heavy atom. The van der Waals surface area contributed by atoms with E-state index in [9.17, 15) is 14.4 Å². The van der Waals surface area contributed by atoms with Crippen molar-refractivity contribution in [3.63, 3.8) is 0 Å². The van der Waals surface area contributed by atoms with Crippen molar-refractivity contribution in [1.29, 1.82) is 0 Å². The fourth-order valence-corrected chi connectivity index (χ4v) is 4.74. The third-order valence-corrected chi connectivity index (χ3v) is 6.49. The monoisotopic (exact) mass is 495 g/mol. The van der Waals surface area contributed by atoms with E-state index < -0.39 is 17.2 Å². The summed E-state index contributed by atoms with van der Waals surface area (Å²) in [7, 11) is 3.01. The van der Waals surface area contributed by atoms with Crippen LogP contribution in [0.5, 0.6) is 23.0 Å². The number of hydrogen-bond donors (Lipinski definition) is 1. The molecule has 3 heterocycles. The van der Waals surface area contributed by atoms with Crippen molar-refractivity contribution >= 4 is 33.1 Å². The maximum Gasteiger partial charge on any atom is 0.332 e. The number of ether oxygens (including phenoxy) is 4. The van der Waals surface area contributed by atoms with Gasteiger partial charge in [-0.3, -0.25) is 18.7 Å². The lowest BCUT2D eigenvalue weighted by atomic mass is 10.2. The Morgan fingerprint density at radius 2 is 1.86 bits per heavy atom. The summed E-state index contributed by atoms with van der Waals surface area (Å²) in [5, 5.41) is 4.48. The van der Waals surface area contributed by atoms with E-state index in [1.807, 2.05) is 0 Å². The summed E-state index contributed by atoms with van der Waals surface area (Å²) in [6, 6.07) is 11.9. The first-order valence-electron chi connectivity index (χ1n) is 10.6. The minimum atomic E-state index is -0.591. The van der Waals surface area contributed by atoms with Gasteiger partial charge in [0.25, 0.3) is 5.56 Å². The summed E-state index contributed by atoms with van der Waals surface area (Å²) in [5.74, 6) is 1.69. The molecule has 0 bridgehead atoms. The molecule has 1 N–H and O–H groups in total. The van der Waals surface area contributed by atoms with Crippen molar-refractivity contribution in [2.45, 2.75) is 13.1 Å². The van der Waals surface area contributed by atoms with Gasteiger partial charge in [-0.1, -0.05) is 6.07 Å². The molecule has 0 saturated heterocycles. The van der Waals surface area contributed by atoms with E-state index in [0.717, 1.165) is 4.57 Å². The van der Waals surface area contributed by atoms with Crippen LogP contribution in [-0.2, 0) is 17.9 Å². The van der Waals surface area contributed by atoms with Crippen molar-refractivity contribution in [3.8, 4) is 23.0 Å². The average molecular weight is 496 g/mol. The Bertz CT molecular complexity index is 1550. The van der Waals surface area contributed by atoms with Crippen LogP contribution in [0.4, 0.5) is 5.69 Å². The fraction of sp³-hybridized carbons (Fsp3) is 0.208. The molecule has 0 radical (unpaired) electrons. The van der Waals surface area contributed by atoms with E-state index in [0.29, 0.717) is 44.5 Å².